The number of nitrogens with zero attached hydrogens (tertiary/aromatic N) is 2. The minimum absolute atomic E-state index is 0.0119. The second-order valence-corrected chi connectivity index (χ2v) is 7.01. The molecule has 5 nitrogen and oxygen atoms in total. The Labute approximate surface area is 120 Å². The van der Waals surface area contributed by atoms with Gasteiger partial charge in [0, 0.05) is 19.3 Å². The third kappa shape index (κ3) is 3.35. The summed E-state index contributed by atoms with van der Waals surface area (Å²) in [5, 5.41) is 9.74. The maximum absolute atomic E-state index is 12.4. The quantitative estimate of drug-likeness (QED) is 0.895. The molecular formula is C12H15F3N2O3S. The number of rotatable bonds is 2. The third-order valence-electron chi connectivity index (χ3n) is 3.55. The van der Waals surface area contributed by atoms with Crippen molar-refractivity contribution in [2.45, 2.75) is 30.5 Å². The van der Waals surface area contributed by atoms with E-state index < -0.39 is 28.0 Å². The molecule has 1 aromatic heterocycles. The lowest BCUT2D eigenvalue weighted by molar-refractivity contribution is -0.141. The molecule has 0 spiro atoms. The number of aliphatic hydroxyl groups excluding tert-OH is 1. The van der Waals surface area contributed by atoms with E-state index in [4.69, 9.17) is 0 Å². The van der Waals surface area contributed by atoms with E-state index in [2.05, 4.69) is 4.98 Å². The zero-order chi connectivity index (χ0) is 15.8. The van der Waals surface area contributed by atoms with Crippen LogP contribution in [0.2, 0.25) is 0 Å². The van der Waals surface area contributed by atoms with Crippen LogP contribution in [0.15, 0.2) is 23.2 Å². The van der Waals surface area contributed by atoms with E-state index in [1.807, 2.05) is 6.92 Å². The molecule has 118 valence electrons. The van der Waals surface area contributed by atoms with Crippen LogP contribution in [0.4, 0.5) is 13.2 Å². The topological polar surface area (TPSA) is 70.5 Å². The highest BCUT2D eigenvalue weighted by atomic mass is 32.2. The molecule has 2 heterocycles. The number of β-amino-alcohol motifs (C(OH)–C–C–N with tert-alkyl or cyclic N) is 1. The average molecular weight is 324 g/mol. The molecule has 9 heteroatoms. The van der Waals surface area contributed by atoms with Gasteiger partial charge in [0.25, 0.3) is 0 Å². The summed E-state index contributed by atoms with van der Waals surface area (Å²) in [6, 6.07) is 1.52. The van der Waals surface area contributed by atoms with Crippen molar-refractivity contribution in [2.24, 2.45) is 5.92 Å². The van der Waals surface area contributed by atoms with Crippen LogP contribution < -0.4 is 0 Å². The first-order chi connectivity index (χ1) is 9.62. The number of alkyl halides is 3. The van der Waals surface area contributed by atoms with Crippen molar-refractivity contribution in [1.29, 1.82) is 0 Å². The zero-order valence-electron chi connectivity index (χ0n) is 11.2. The number of hydrogen-bond acceptors (Lipinski definition) is 4. The van der Waals surface area contributed by atoms with Gasteiger partial charge in [0.2, 0.25) is 10.0 Å². The third-order valence-corrected chi connectivity index (χ3v) is 5.39. The first kappa shape index (κ1) is 16.2. The Morgan fingerprint density at radius 2 is 2.05 bits per heavy atom. The summed E-state index contributed by atoms with van der Waals surface area (Å²) in [5.41, 5.74) is -1.14. The predicted octanol–water partition coefficient (Wildman–Crippen LogP) is 1.49. The van der Waals surface area contributed by atoms with Crippen molar-refractivity contribution < 1.29 is 26.7 Å². The molecule has 0 aromatic carbocycles. The van der Waals surface area contributed by atoms with E-state index in [0.29, 0.717) is 18.7 Å². The summed E-state index contributed by atoms with van der Waals surface area (Å²) >= 11 is 0. The minimum Gasteiger partial charge on any atom is -0.391 e. The number of hydrogen-bond donors (Lipinski definition) is 1. The van der Waals surface area contributed by atoms with Gasteiger partial charge in [-0.05, 0) is 24.5 Å². The Hall–Kier alpha value is -1.19. The van der Waals surface area contributed by atoms with Crippen molar-refractivity contribution in [3.63, 3.8) is 0 Å². The van der Waals surface area contributed by atoms with Crippen LogP contribution in [0, 0.1) is 5.92 Å². The van der Waals surface area contributed by atoms with Gasteiger partial charge in [0.1, 0.15) is 10.6 Å². The van der Waals surface area contributed by atoms with Gasteiger partial charge in [-0.25, -0.2) is 8.42 Å². The summed E-state index contributed by atoms with van der Waals surface area (Å²) in [6.45, 7) is 1.97. The van der Waals surface area contributed by atoms with Crippen LogP contribution in [-0.2, 0) is 16.2 Å². The molecule has 0 aliphatic carbocycles. The van der Waals surface area contributed by atoms with Crippen molar-refractivity contribution in [3.8, 4) is 0 Å². The second kappa shape index (κ2) is 5.54. The lowest BCUT2D eigenvalue weighted by Gasteiger charge is -2.33. The fourth-order valence-corrected chi connectivity index (χ4v) is 3.51. The zero-order valence-corrected chi connectivity index (χ0v) is 12.0. The first-order valence-corrected chi connectivity index (χ1v) is 7.78. The Bertz CT molecular complexity index is 601. The first-order valence-electron chi connectivity index (χ1n) is 6.34. The molecule has 1 saturated heterocycles. The van der Waals surface area contributed by atoms with E-state index in [9.17, 15) is 26.7 Å². The van der Waals surface area contributed by atoms with Crippen LogP contribution in [0.25, 0.3) is 0 Å². The molecule has 1 N–H and O–H groups in total. The summed E-state index contributed by atoms with van der Waals surface area (Å²) in [6.07, 6.45) is -4.20. The highest BCUT2D eigenvalue weighted by Crippen LogP contribution is 2.29. The van der Waals surface area contributed by atoms with Crippen LogP contribution >= 0.6 is 0 Å². The number of sulfonamides is 1. The molecule has 0 saturated carbocycles. The molecule has 1 aromatic rings. The van der Waals surface area contributed by atoms with Crippen molar-refractivity contribution in [2.75, 3.05) is 13.1 Å². The Kier molecular flexibility index (Phi) is 4.27. The molecule has 1 fully saturated rings. The fraction of sp³-hybridized carbons (Fsp3) is 0.583. The lowest BCUT2D eigenvalue weighted by Crippen LogP contribution is -2.45. The summed E-state index contributed by atoms with van der Waals surface area (Å²) in [5.74, 6) is -0.0119. The highest BCUT2D eigenvalue weighted by molar-refractivity contribution is 7.89. The van der Waals surface area contributed by atoms with Gasteiger partial charge in [-0.15, -0.1) is 0 Å². The van der Waals surface area contributed by atoms with Gasteiger partial charge in [-0.2, -0.15) is 17.5 Å². The molecule has 2 rings (SSSR count). The number of halogens is 3. The Balaban J connectivity index is 2.24. The van der Waals surface area contributed by atoms with Crippen molar-refractivity contribution >= 4 is 10.0 Å². The van der Waals surface area contributed by atoms with Gasteiger partial charge >= 0.3 is 6.18 Å². The number of piperidine rings is 1. The smallest absolute Gasteiger partial charge is 0.391 e. The molecule has 1 aliphatic rings. The van der Waals surface area contributed by atoms with E-state index >= 15 is 0 Å². The highest BCUT2D eigenvalue weighted by Gasteiger charge is 2.35. The van der Waals surface area contributed by atoms with Gasteiger partial charge < -0.3 is 5.11 Å². The monoisotopic (exact) mass is 324 g/mol. The number of pyridine rings is 1. The SMILES string of the molecule is C[C@H]1CCN(S(=O)(=O)c2ccc(C(F)(F)F)nc2)C[C@@H]1O. The van der Waals surface area contributed by atoms with Crippen molar-refractivity contribution in [1.82, 2.24) is 9.29 Å². The normalized spacial score (nSPS) is 25.0. The standard InChI is InChI=1S/C12H15F3N2O3S/c1-8-4-5-17(7-10(8)18)21(19,20)9-2-3-11(16-6-9)12(13,14)15/h2-3,6,8,10,18H,4-5,7H2,1H3/t8-,10-/m0/s1. The van der Waals surface area contributed by atoms with Gasteiger partial charge in [-0.3, -0.25) is 4.98 Å². The summed E-state index contributed by atoms with van der Waals surface area (Å²) in [7, 11) is -3.94. The van der Waals surface area contributed by atoms with Crippen LogP contribution in [0.3, 0.4) is 0 Å². The van der Waals surface area contributed by atoms with E-state index in [1.54, 1.807) is 0 Å². The molecule has 0 radical (unpaired) electrons. The average Bonchev–Trinajstić information content (AvgIpc) is 2.41. The number of aromatic nitrogens is 1. The van der Waals surface area contributed by atoms with Gasteiger partial charge in [-0.1, -0.05) is 6.92 Å². The summed E-state index contributed by atoms with van der Waals surface area (Å²) < 4.78 is 62.9. The molecule has 1 aliphatic heterocycles. The van der Waals surface area contributed by atoms with Gasteiger partial charge in [0.05, 0.1) is 6.10 Å². The molecule has 21 heavy (non-hydrogen) atoms. The molecule has 0 bridgehead atoms. The maximum atomic E-state index is 12.4. The van der Waals surface area contributed by atoms with Crippen LogP contribution in [-0.4, -0.2) is 42.0 Å². The Morgan fingerprint density at radius 3 is 2.52 bits per heavy atom. The molecule has 2 atom stereocenters. The predicted molar refractivity (Wildman–Crippen MR) is 67.8 cm³/mol. The maximum Gasteiger partial charge on any atom is 0.433 e. The second-order valence-electron chi connectivity index (χ2n) is 5.07. The summed E-state index contributed by atoms with van der Waals surface area (Å²) in [4.78, 5) is 2.84. The minimum atomic E-state index is -4.61. The van der Waals surface area contributed by atoms with Gasteiger partial charge in [0.15, 0.2) is 0 Å². The van der Waals surface area contributed by atoms with E-state index in [1.165, 1.54) is 0 Å². The lowest BCUT2D eigenvalue weighted by atomic mass is 9.98. The van der Waals surface area contributed by atoms with Crippen LogP contribution in [0.1, 0.15) is 19.0 Å². The van der Waals surface area contributed by atoms with E-state index in [-0.39, 0.29) is 23.9 Å². The largest absolute Gasteiger partial charge is 0.433 e. The fourth-order valence-electron chi connectivity index (χ4n) is 2.09. The van der Waals surface area contributed by atoms with Crippen LogP contribution in [0.5, 0.6) is 0 Å². The molecule has 0 unspecified atom stereocenters. The molecular weight excluding hydrogens is 309 g/mol. The van der Waals surface area contributed by atoms with Crippen molar-refractivity contribution in [3.05, 3.63) is 24.0 Å². The molecule has 0 amide bonds. The Morgan fingerprint density at radius 1 is 1.38 bits per heavy atom. The van der Waals surface area contributed by atoms with E-state index in [0.717, 1.165) is 10.4 Å². The number of aliphatic hydroxyl groups is 1.